The number of aliphatic hydroxyl groups excluding tert-OH is 1. The number of hydrogen-bond donors (Lipinski definition) is 1. The van der Waals surface area contributed by atoms with Crippen molar-refractivity contribution in [3.05, 3.63) is 0 Å². The molecule has 0 saturated heterocycles. The summed E-state index contributed by atoms with van der Waals surface area (Å²) in [6, 6.07) is 0. The third-order valence-corrected chi connectivity index (χ3v) is 3.34. The molecule has 0 aromatic heterocycles. The molecule has 13 heavy (non-hydrogen) atoms. The fourth-order valence-electron chi connectivity index (χ4n) is 2.17. The van der Waals surface area contributed by atoms with Crippen molar-refractivity contribution >= 4 is 0 Å². The van der Waals surface area contributed by atoms with Crippen molar-refractivity contribution in [1.29, 1.82) is 0 Å². The predicted octanol–water partition coefficient (Wildman–Crippen LogP) is 2.25. The highest BCUT2D eigenvalue weighted by Crippen LogP contribution is 2.28. The maximum absolute atomic E-state index is 9.79. The van der Waals surface area contributed by atoms with Gasteiger partial charge in [-0.05, 0) is 32.1 Å². The van der Waals surface area contributed by atoms with E-state index in [4.69, 9.17) is 4.74 Å². The molecule has 0 aliphatic heterocycles. The van der Waals surface area contributed by atoms with E-state index < -0.39 is 0 Å². The lowest BCUT2D eigenvalue weighted by Gasteiger charge is -2.32. The second-order valence-corrected chi connectivity index (χ2v) is 4.43. The Balaban J connectivity index is 1.79. The lowest BCUT2D eigenvalue weighted by molar-refractivity contribution is -0.103. The molecule has 0 heterocycles. The van der Waals surface area contributed by atoms with Gasteiger partial charge < -0.3 is 9.84 Å². The summed E-state index contributed by atoms with van der Waals surface area (Å²) in [6.45, 7) is 0. The van der Waals surface area contributed by atoms with E-state index in [1.807, 2.05) is 0 Å². The molecule has 0 aromatic rings. The average Bonchev–Trinajstić information content (AvgIpc) is 2.23. The van der Waals surface area contributed by atoms with Gasteiger partial charge in [0, 0.05) is 0 Å². The van der Waals surface area contributed by atoms with Crippen molar-refractivity contribution in [2.24, 2.45) is 0 Å². The van der Waals surface area contributed by atoms with Gasteiger partial charge in [0.05, 0.1) is 18.3 Å². The fourth-order valence-corrected chi connectivity index (χ4v) is 2.17. The highest BCUT2D eigenvalue weighted by Gasteiger charge is 2.27. The largest absolute Gasteiger partial charge is 0.390 e. The Hall–Kier alpha value is -0.0800. The smallest absolute Gasteiger partial charge is 0.0837 e. The van der Waals surface area contributed by atoms with Crippen LogP contribution in [0, 0.1) is 0 Å². The molecular formula is C11H20O2. The van der Waals surface area contributed by atoms with Crippen molar-refractivity contribution in [2.75, 3.05) is 0 Å². The van der Waals surface area contributed by atoms with E-state index in [1.165, 1.54) is 38.5 Å². The third-order valence-electron chi connectivity index (χ3n) is 3.34. The fraction of sp³-hybridized carbons (Fsp3) is 1.00. The summed E-state index contributed by atoms with van der Waals surface area (Å²) in [5.41, 5.74) is 0. The molecule has 76 valence electrons. The summed E-state index contributed by atoms with van der Waals surface area (Å²) in [5.74, 6) is 0. The second-order valence-electron chi connectivity index (χ2n) is 4.43. The van der Waals surface area contributed by atoms with Gasteiger partial charge in [-0.25, -0.2) is 0 Å². The minimum Gasteiger partial charge on any atom is -0.390 e. The molecule has 0 bridgehead atoms. The molecule has 2 saturated carbocycles. The van der Waals surface area contributed by atoms with Crippen LogP contribution in [0.2, 0.25) is 0 Å². The van der Waals surface area contributed by atoms with Gasteiger partial charge in [0.15, 0.2) is 0 Å². The molecule has 2 aliphatic rings. The van der Waals surface area contributed by atoms with Crippen LogP contribution in [0.5, 0.6) is 0 Å². The monoisotopic (exact) mass is 184 g/mol. The first-order chi connectivity index (χ1) is 6.36. The normalized spacial score (nSPS) is 36.7. The molecule has 2 fully saturated rings. The zero-order valence-corrected chi connectivity index (χ0v) is 8.24. The molecule has 0 amide bonds. The van der Waals surface area contributed by atoms with Crippen molar-refractivity contribution in [2.45, 2.75) is 69.7 Å². The molecule has 2 unspecified atom stereocenters. The lowest BCUT2D eigenvalue weighted by atomic mass is 9.95. The molecule has 2 atom stereocenters. The zero-order chi connectivity index (χ0) is 9.10. The quantitative estimate of drug-likeness (QED) is 0.667. The second kappa shape index (κ2) is 4.43. The number of aliphatic hydroxyl groups is 1. The first-order valence-electron chi connectivity index (χ1n) is 5.70. The van der Waals surface area contributed by atoms with Gasteiger partial charge in [-0.3, -0.25) is 0 Å². The average molecular weight is 184 g/mol. The van der Waals surface area contributed by atoms with Gasteiger partial charge in [0.25, 0.3) is 0 Å². The summed E-state index contributed by atoms with van der Waals surface area (Å²) >= 11 is 0. The van der Waals surface area contributed by atoms with Gasteiger partial charge in [-0.15, -0.1) is 0 Å². The first-order valence-corrected chi connectivity index (χ1v) is 5.70. The SMILES string of the molecule is OC1CCCCCC1OC1CCC1. The van der Waals surface area contributed by atoms with Crippen LogP contribution in [-0.2, 0) is 4.74 Å². The van der Waals surface area contributed by atoms with E-state index in [0.29, 0.717) is 6.10 Å². The van der Waals surface area contributed by atoms with Crippen LogP contribution in [0.25, 0.3) is 0 Å². The molecule has 1 N–H and O–H groups in total. The first kappa shape index (κ1) is 9.47. The van der Waals surface area contributed by atoms with E-state index in [1.54, 1.807) is 0 Å². The van der Waals surface area contributed by atoms with Crippen LogP contribution in [-0.4, -0.2) is 23.4 Å². The molecule has 0 aromatic carbocycles. The van der Waals surface area contributed by atoms with Crippen molar-refractivity contribution in [3.8, 4) is 0 Å². The summed E-state index contributed by atoms with van der Waals surface area (Å²) in [5, 5.41) is 9.79. The van der Waals surface area contributed by atoms with Gasteiger partial charge >= 0.3 is 0 Å². The Labute approximate surface area is 80.3 Å². The van der Waals surface area contributed by atoms with Crippen LogP contribution >= 0.6 is 0 Å². The predicted molar refractivity (Wildman–Crippen MR) is 51.6 cm³/mol. The minimum absolute atomic E-state index is 0.146. The van der Waals surface area contributed by atoms with E-state index in [2.05, 4.69) is 0 Å². The summed E-state index contributed by atoms with van der Waals surface area (Å²) in [4.78, 5) is 0. The highest BCUT2D eigenvalue weighted by molar-refractivity contribution is 4.78. The van der Waals surface area contributed by atoms with E-state index in [-0.39, 0.29) is 12.2 Å². The standard InChI is InChI=1S/C11H20O2/c12-10-7-2-1-3-8-11(10)13-9-5-4-6-9/h9-12H,1-8H2. The number of rotatable bonds is 2. The topological polar surface area (TPSA) is 29.5 Å². The molecule has 2 nitrogen and oxygen atoms in total. The minimum atomic E-state index is -0.192. The number of ether oxygens (including phenoxy) is 1. The highest BCUT2D eigenvalue weighted by atomic mass is 16.5. The van der Waals surface area contributed by atoms with Crippen LogP contribution < -0.4 is 0 Å². The molecular weight excluding hydrogens is 164 g/mol. The molecule has 2 rings (SSSR count). The third kappa shape index (κ3) is 2.44. The molecule has 0 spiro atoms. The van der Waals surface area contributed by atoms with Crippen molar-refractivity contribution in [1.82, 2.24) is 0 Å². The summed E-state index contributed by atoms with van der Waals surface area (Å²) in [6.07, 6.45) is 9.84. The Morgan fingerprint density at radius 1 is 0.846 bits per heavy atom. The van der Waals surface area contributed by atoms with E-state index >= 15 is 0 Å². The van der Waals surface area contributed by atoms with Crippen molar-refractivity contribution < 1.29 is 9.84 Å². The Kier molecular flexibility index (Phi) is 3.23. The molecule has 2 heteroatoms. The summed E-state index contributed by atoms with van der Waals surface area (Å²) < 4.78 is 5.87. The zero-order valence-electron chi connectivity index (χ0n) is 8.24. The van der Waals surface area contributed by atoms with Gasteiger partial charge in [-0.1, -0.05) is 19.3 Å². The molecule has 2 aliphatic carbocycles. The van der Waals surface area contributed by atoms with Crippen molar-refractivity contribution in [3.63, 3.8) is 0 Å². The van der Waals surface area contributed by atoms with E-state index in [9.17, 15) is 5.11 Å². The van der Waals surface area contributed by atoms with Crippen LogP contribution in [0.15, 0.2) is 0 Å². The summed E-state index contributed by atoms with van der Waals surface area (Å²) in [7, 11) is 0. The van der Waals surface area contributed by atoms with Gasteiger partial charge in [-0.2, -0.15) is 0 Å². The Morgan fingerprint density at radius 2 is 1.62 bits per heavy atom. The van der Waals surface area contributed by atoms with Gasteiger partial charge in [0.2, 0.25) is 0 Å². The van der Waals surface area contributed by atoms with Crippen LogP contribution in [0.3, 0.4) is 0 Å². The Bertz CT molecular complexity index is 154. The van der Waals surface area contributed by atoms with E-state index in [0.717, 1.165) is 12.8 Å². The number of hydrogen-bond acceptors (Lipinski definition) is 2. The lowest BCUT2D eigenvalue weighted by Crippen LogP contribution is -2.35. The molecule has 0 radical (unpaired) electrons. The maximum atomic E-state index is 9.79. The maximum Gasteiger partial charge on any atom is 0.0837 e. The Morgan fingerprint density at radius 3 is 2.31 bits per heavy atom. The van der Waals surface area contributed by atoms with Crippen LogP contribution in [0.4, 0.5) is 0 Å². The van der Waals surface area contributed by atoms with Gasteiger partial charge in [0.1, 0.15) is 0 Å². The van der Waals surface area contributed by atoms with Crippen LogP contribution in [0.1, 0.15) is 51.4 Å².